The summed E-state index contributed by atoms with van der Waals surface area (Å²) in [6.07, 6.45) is 2.06. The second-order valence-corrected chi connectivity index (χ2v) is 3.53. The lowest BCUT2D eigenvalue weighted by atomic mass is 10.1. The van der Waals surface area contributed by atoms with Crippen LogP contribution in [0.1, 0.15) is 5.56 Å². The highest BCUT2D eigenvalue weighted by molar-refractivity contribution is 7.99. The molecular weight excluding hydrogens is 154 g/mol. The van der Waals surface area contributed by atoms with Crippen molar-refractivity contribution in [1.82, 2.24) is 0 Å². The molecule has 2 rings (SSSR count). The van der Waals surface area contributed by atoms with Gasteiger partial charge in [-0.25, -0.2) is 0 Å². The van der Waals surface area contributed by atoms with E-state index >= 15 is 0 Å². The molecule has 56 valence electrons. The Bertz CT molecular complexity index is 304. The van der Waals surface area contributed by atoms with Gasteiger partial charge in [-0.3, -0.25) is 0 Å². The van der Waals surface area contributed by atoms with Gasteiger partial charge < -0.3 is 5.73 Å². The summed E-state index contributed by atoms with van der Waals surface area (Å²) in [6.45, 7) is 0. The van der Waals surface area contributed by atoms with Crippen LogP contribution in [0, 0.1) is 0 Å². The standard InChI is InChI=1S/C9H9NS/c10-8-5-6-11-9-4-2-1-3-7(8)9/h1-5H,6,10H2. The smallest absolute Gasteiger partial charge is 0.0366 e. The minimum atomic E-state index is 0.916. The van der Waals surface area contributed by atoms with Crippen LogP contribution in [-0.2, 0) is 0 Å². The minimum absolute atomic E-state index is 0.916. The number of nitrogens with two attached hydrogens (primary N) is 1. The van der Waals surface area contributed by atoms with Gasteiger partial charge in [-0.2, -0.15) is 0 Å². The molecule has 2 N–H and O–H groups in total. The molecular formula is C9H9NS. The maximum Gasteiger partial charge on any atom is 0.0366 e. The fraction of sp³-hybridized carbons (Fsp3) is 0.111. The number of hydrogen-bond acceptors (Lipinski definition) is 2. The first-order valence-corrected chi connectivity index (χ1v) is 4.54. The molecule has 0 spiro atoms. The molecule has 1 aliphatic rings. The molecule has 2 heteroatoms. The summed E-state index contributed by atoms with van der Waals surface area (Å²) in [7, 11) is 0. The van der Waals surface area contributed by atoms with Gasteiger partial charge >= 0.3 is 0 Å². The summed E-state index contributed by atoms with van der Waals surface area (Å²) in [6, 6.07) is 8.24. The maximum atomic E-state index is 5.79. The zero-order valence-corrected chi connectivity index (χ0v) is 6.90. The number of benzene rings is 1. The van der Waals surface area contributed by atoms with Crippen molar-refractivity contribution in [2.24, 2.45) is 5.73 Å². The Morgan fingerprint density at radius 2 is 2.09 bits per heavy atom. The molecule has 0 unspecified atom stereocenters. The van der Waals surface area contributed by atoms with Crippen LogP contribution in [0.2, 0.25) is 0 Å². The Kier molecular flexibility index (Phi) is 1.62. The van der Waals surface area contributed by atoms with Crippen LogP contribution in [0.5, 0.6) is 0 Å². The fourth-order valence-corrected chi connectivity index (χ4v) is 2.12. The average molecular weight is 163 g/mol. The van der Waals surface area contributed by atoms with Gasteiger partial charge in [0.05, 0.1) is 0 Å². The van der Waals surface area contributed by atoms with Crippen molar-refractivity contribution >= 4 is 17.5 Å². The van der Waals surface area contributed by atoms with Gasteiger partial charge in [0.2, 0.25) is 0 Å². The maximum absolute atomic E-state index is 5.79. The summed E-state index contributed by atoms with van der Waals surface area (Å²) in [5.41, 5.74) is 7.89. The van der Waals surface area contributed by atoms with E-state index in [9.17, 15) is 0 Å². The van der Waals surface area contributed by atoms with Crippen molar-refractivity contribution in [1.29, 1.82) is 0 Å². The third kappa shape index (κ3) is 1.14. The van der Waals surface area contributed by atoms with Gasteiger partial charge in [0.15, 0.2) is 0 Å². The van der Waals surface area contributed by atoms with E-state index in [1.54, 1.807) is 0 Å². The molecule has 0 aromatic heterocycles. The van der Waals surface area contributed by atoms with Crippen LogP contribution in [0.3, 0.4) is 0 Å². The molecule has 1 nitrogen and oxygen atoms in total. The third-order valence-corrected chi connectivity index (χ3v) is 2.74. The third-order valence-electron chi connectivity index (χ3n) is 1.74. The normalized spacial score (nSPS) is 15.5. The molecule has 0 bridgehead atoms. The first-order valence-electron chi connectivity index (χ1n) is 3.56. The Morgan fingerprint density at radius 1 is 1.27 bits per heavy atom. The van der Waals surface area contributed by atoms with Gasteiger partial charge in [0.25, 0.3) is 0 Å². The molecule has 1 aromatic carbocycles. The summed E-state index contributed by atoms with van der Waals surface area (Å²) in [4.78, 5) is 1.30. The molecule has 0 radical (unpaired) electrons. The van der Waals surface area contributed by atoms with E-state index in [0.29, 0.717) is 0 Å². The van der Waals surface area contributed by atoms with Crippen molar-refractivity contribution in [3.05, 3.63) is 35.9 Å². The molecule has 1 heterocycles. The number of fused-ring (bicyclic) bond motifs is 1. The van der Waals surface area contributed by atoms with Crippen molar-refractivity contribution < 1.29 is 0 Å². The second-order valence-electron chi connectivity index (χ2n) is 2.47. The van der Waals surface area contributed by atoms with Gasteiger partial charge in [-0.1, -0.05) is 24.3 Å². The highest BCUT2D eigenvalue weighted by atomic mass is 32.2. The molecule has 0 fully saturated rings. The number of rotatable bonds is 0. The fourth-order valence-electron chi connectivity index (χ4n) is 1.16. The number of hydrogen-bond donors (Lipinski definition) is 1. The van der Waals surface area contributed by atoms with Crippen LogP contribution in [0.15, 0.2) is 35.2 Å². The van der Waals surface area contributed by atoms with Crippen LogP contribution in [0.4, 0.5) is 0 Å². The quantitative estimate of drug-likeness (QED) is 0.633. The second kappa shape index (κ2) is 2.62. The summed E-state index contributed by atoms with van der Waals surface area (Å²) in [5, 5.41) is 0. The first-order chi connectivity index (χ1) is 5.38. The minimum Gasteiger partial charge on any atom is -0.398 e. The van der Waals surface area contributed by atoms with E-state index in [1.165, 1.54) is 10.5 Å². The van der Waals surface area contributed by atoms with Crippen LogP contribution >= 0.6 is 11.8 Å². The van der Waals surface area contributed by atoms with Crippen molar-refractivity contribution in [3.8, 4) is 0 Å². The van der Waals surface area contributed by atoms with Crippen LogP contribution in [-0.4, -0.2) is 5.75 Å². The highest BCUT2D eigenvalue weighted by Gasteiger charge is 2.07. The molecule has 0 saturated carbocycles. The van der Waals surface area contributed by atoms with E-state index in [2.05, 4.69) is 18.2 Å². The summed E-state index contributed by atoms with van der Waals surface area (Å²) in [5.74, 6) is 1.00. The predicted octanol–water partition coefficient (Wildman–Crippen LogP) is 2.09. The largest absolute Gasteiger partial charge is 0.398 e. The lowest BCUT2D eigenvalue weighted by Gasteiger charge is -2.12. The Balaban J connectivity index is 2.56. The molecule has 0 saturated heterocycles. The monoisotopic (exact) mass is 163 g/mol. The average Bonchev–Trinajstić information content (AvgIpc) is 2.06. The zero-order chi connectivity index (χ0) is 7.68. The Labute approximate surface area is 70.3 Å². The first kappa shape index (κ1) is 6.80. The summed E-state index contributed by atoms with van der Waals surface area (Å²) < 4.78 is 0. The highest BCUT2D eigenvalue weighted by Crippen LogP contribution is 2.30. The zero-order valence-electron chi connectivity index (χ0n) is 6.08. The molecule has 1 aromatic rings. The SMILES string of the molecule is NC1=CCSc2ccccc21. The van der Waals surface area contributed by atoms with Crippen LogP contribution < -0.4 is 5.73 Å². The molecule has 11 heavy (non-hydrogen) atoms. The lowest BCUT2D eigenvalue weighted by Crippen LogP contribution is -2.02. The molecule has 1 aliphatic heterocycles. The van der Waals surface area contributed by atoms with Crippen LogP contribution in [0.25, 0.3) is 5.70 Å². The number of thioether (sulfide) groups is 1. The van der Waals surface area contributed by atoms with E-state index in [1.807, 2.05) is 23.9 Å². The predicted molar refractivity (Wildman–Crippen MR) is 49.3 cm³/mol. The van der Waals surface area contributed by atoms with Crippen molar-refractivity contribution in [2.45, 2.75) is 4.90 Å². The van der Waals surface area contributed by atoms with E-state index in [-0.39, 0.29) is 0 Å². The molecule has 0 aliphatic carbocycles. The molecule has 0 atom stereocenters. The molecule has 0 amide bonds. The van der Waals surface area contributed by atoms with Crippen molar-refractivity contribution in [3.63, 3.8) is 0 Å². The summed E-state index contributed by atoms with van der Waals surface area (Å²) >= 11 is 1.84. The van der Waals surface area contributed by atoms with E-state index in [4.69, 9.17) is 5.73 Å². The van der Waals surface area contributed by atoms with Gasteiger partial charge in [-0.05, 0) is 6.07 Å². The van der Waals surface area contributed by atoms with Gasteiger partial charge in [0.1, 0.15) is 0 Å². The van der Waals surface area contributed by atoms with Gasteiger partial charge in [0, 0.05) is 21.9 Å². The Morgan fingerprint density at radius 3 is 2.91 bits per heavy atom. The lowest BCUT2D eigenvalue weighted by molar-refractivity contribution is 1.33. The van der Waals surface area contributed by atoms with E-state index < -0.39 is 0 Å². The van der Waals surface area contributed by atoms with Crippen molar-refractivity contribution in [2.75, 3.05) is 5.75 Å². The topological polar surface area (TPSA) is 26.0 Å². The van der Waals surface area contributed by atoms with E-state index in [0.717, 1.165) is 11.4 Å². The van der Waals surface area contributed by atoms with Gasteiger partial charge in [-0.15, -0.1) is 11.8 Å². The Hall–Kier alpha value is -0.890.